The standard InChI is InChI=1S/C16H16BrNO/c1-2-13-8-6-7-11-15(13)18(16(19)12-17)14-9-4-3-5-10-14/h3-11H,2,12H2,1H3. The molecule has 0 unspecified atom stereocenters. The molecule has 0 fully saturated rings. The molecular weight excluding hydrogens is 302 g/mol. The predicted octanol–water partition coefficient (Wildman–Crippen LogP) is 4.31. The van der Waals surface area contributed by atoms with Crippen molar-refractivity contribution in [3.05, 3.63) is 60.2 Å². The van der Waals surface area contributed by atoms with Gasteiger partial charge in [-0.2, -0.15) is 0 Å². The Balaban J connectivity index is 2.53. The lowest BCUT2D eigenvalue weighted by Gasteiger charge is -2.24. The van der Waals surface area contributed by atoms with Gasteiger partial charge >= 0.3 is 0 Å². The fourth-order valence-corrected chi connectivity index (χ4v) is 2.33. The Bertz CT molecular complexity index is 554. The molecule has 0 aliphatic carbocycles. The van der Waals surface area contributed by atoms with Crippen molar-refractivity contribution in [3.63, 3.8) is 0 Å². The van der Waals surface area contributed by atoms with Gasteiger partial charge in [-0.05, 0) is 30.2 Å². The number of hydrogen-bond acceptors (Lipinski definition) is 1. The van der Waals surface area contributed by atoms with Crippen molar-refractivity contribution < 1.29 is 4.79 Å². The first-order chi connectivity index (χ1) is 9.27. The van der Waals surface area contributed by atoms with Crippen LogP contribution in [0.2, 0.25) is 0 Å². The van der Waals surface area contributed by atoms with Crippen LogP contribution in [0.5, 0.6) is 0 Å². The van der Waals surface area contributed by atoms with Crippen LogP contribution in [0, 0.1) is 0 Å². The molecule has 0 aromatic heterocycles. The van der Waals surface area contributed by atoms with Gasteiger partial charge < -0.3 is 0 Å². The van der Waals surface area contributed by atoms with E-state index in [1.807, 2.05) is 48.5 Å². The van der Waals surface area contributed by atoms with Crippen LogP contribution in [0.4, 0.5) is 11.4 Å². The number of rotatable bonds is 4. The van der Waals surface area contributed by atoms with Gasteiger partial charge in [0.2, 0.25) is 5.91 Å². The first-order valence-corrected chi connectivity index (χ1v) is 7.42. The fraction of sp³-hybridized carbons (Fsp3) is 0.188. The minimum atomic E-state index is 0.0344. The molecule has 0 aliphatic heterocycles. The Kier molecular flexibility index (Phi) is 4.74. The molecule has 2 nitrogen and oxygen atoms in total. The molecule has 0 spiro atoms. The monoisotopic (exact) mass is 317 g/mol. The first-order valence-electron chi connectivity index (χ1n) is 6.29. The Morgan fingerprint density at radius 1 is 1.05 bits per heavy atom. The van der Waals surface area contributed by atoms with Crippen molar-refractivity contribution >= 4 is 33.2 Å². The van der Waals surface area contributed by atoms with E-state index in [1.165, 1.54) is 5.56 Å². The van der Waals surface area contributed by atoms with Gasteiger partial charge in [0.05, 0.1) is 11.0 Å². The SMILES string of the molecule is CCc1ccccc1N(C(=O)CBr)c1ccccc1. The molecule has 2 aromatic rings. The lowest BCUT2D eigenvalue weighted by molar-refractivity contribution is -0.115. The van der Waals surface area contributed by atoms with Crippen molar-refractivity contribution in [1.29, 1.82) is 0 Å². The van der Waals surface area contributed by atoms with Crippen molar-refractivity contribution in [2.24, 2.45) is 0 Å². The predicted molar refractivity (Wildman–Crippen MR) is 83.2 cm³/mol. The summed E-state index contributed by atoms with van der Waals surface area (Å²) >= 11 is 3.27. The van der Waals surface area contributed by atoms with E-state index in [2.05, 4.69) is 28.9 Å². The Morgan fingerprint density at radius 2 is 1.68 bits per heavy atom. The second-order valence-electron chi connectivity index (χ2n) is 4.18. The van der Waals surface area contributed by atoms with Gasteiger partial charge in [0.25, 0.3) is 0 Å². The molecule has 0 saturated heterocycles. The number of halogens is 1. The van der Waals surface area contributed by atoms with Crippen LogP contribution < -0.4 is 4.90 Å². The largest absolute Gasteiger partial charge is 0.280 e. The van der Waals surface area contributed by atoms with Crippen molar-refractivity contribution in [3.8, 4) is 0 Å². The summed E-state index contributed by atoms with van der Waals surface area (Å²) in [5.74, 6) is 0.0344. The van der Waals surface area contributed by atoms with Gasteiger partial charge in [-0.3, -0.25) is 9.69 Å². The van der Waals surface area contributed by atoms with E-state index in [4.69, 9.17) is 0 Å². The third-order valence-electron chi connectivity index (χ3n) is 2.99. The minimum Gasteiger partial charge on any atom is -0.280 e. The number of nitrogens with zero attached hydrogens (tertiary/aromatic N) is 1. The number of benzene rings is 2. The molecule has 0 atom stereocenters. The lowest BCUT2D eigenvalue weighted by atomic mass is 10.1. The van der Waals surface area contributed by atoms with E-state index in [0.717, 1.165) is 17.8 Å². The van der Waals surface area contributed by atoms with E-state index >= 15 is 0 Å². The average molecular weight is 318 g/mol. The maximum Gasteiger partial charge on any atom is 0.242 e. The van der Waals surface area contributed by atoms with E-state index in [9.17, 15) is 4.79 Å². The summed E-state index contributed by atoms with van der Waals surface area (Å²) in [5.41, 5.74) is 3.02. The zero-order chi connectivity index (χ0) is 13.7. The summed E-state index contributed by atoms with van der Waals surface area (Å²) in [7, 11) is 0. The summed E-state index contributed by atoms with van der Waals surface area (Å²) in [6.07, 6.45) is 0.898. The maximum atomic E-state index is 12.3. The Labute approximate surface area is 122 Å². The van der Waals surface area contributed by atoms with Crippen LogP contribution in [0.1, 0.15) is 12.5 Å². The second kappa shape index (κ2) is 6.53. The quantitative estimate of drug-likeness (QED) is 0.769. The van der Waals surface area contributed by atoms with Crippen molar-refractivity contribution in [1.82, 2.24) is 0 Å². The third kappa shape index (κ3) is 3.04. The zero-order valence-electron chi connectivity index (χ0n) is 10.8. The van der Waals surface area contributed by atoms with E-state index < -0.39 is 0 Å². The van der Waals surface area contributed by atoms with Gasteiger partial charge in [-0.1, -0.05) is 59.3 Å². The summed E-state index contributed by atoms with van der Waals surface area (Å²) in [5, 5.41) is 0.305. The molecule has 98 valence electrons. The normalized spacial score (nSPS) is 10.2. The number of carbonyl (C=O) groups is 1. The number of hydrogen-bond donors (Lipinski definition) is 0. The smallest absolute Gasteiger partial charge is 0.242 e. The van der Waals surface area contributed by atoms with Crippen LogP contribution in [-0.4, -0.2) is 11.2 Å². The Hall–Kier alpha value is -1.61. The molecule has 0 radical (unpaired) electrons. The third-order valence-corrected chi connectivity index (χ3v) is 3.47. The van der Waals surface area contributed by atoms with Crippen LogP contribution in [-0.2, 0) is 11.2 Å². The van der Waals surface area contributed by atoms with Gasteiger partial charge in [-0.15, -0.1) is 0 Å². The molecule has 0 bridgehead atoms. The molecular formula is C16H16BrNO. The highest BCUT2D eigenvalue weighted by Crippen LogP contribution is 2.29. The van der Waals surface area contributed by atoms with Gasteiger partial charge in [0.15, 0.2) is 0 Å². The number of anilines is 2. The van der Waals surface area contributed by atoms with Crippen LogP contribution in [0.25, 0.3) is 0 Å². The molecule has 2 aromatic carbocycles. The number of amides is 1. The highest BCUT2D eigenvalue weighted by Gasteiger charge is 2.18. The van der Waals surface area contributed by atoms with Crippen LogP contribution in [0.15, 0.2) is 54.6 Å². The molecule has 19 heavy (non-hydrogen) atoms. The maximum absolute atomic E-state index is 12.3. The molecule has 0 aliphatic rings. The highest BCUT2D eigenvalue weighted by molar-refractivity contribution is 9.09. The lowest BCUT2D eigenvalue weighted by Crippen LogP contribution is -2.27. The molecule has 3 heteroatoms. The minimum absolute atomic E-state index is 0.0344. The molecule has 0 N–H and O–H groups in total. The zero-order valence-corrected chi connectivity index (χ0v) is 12.4. The Morgan fingerprint density at radius 3 is 2.32 bits per heavy atom. The van der Waals surface area contributed by atoms with E-state index in [-0.39, 0.29) is 5.91 Å². The first kappa shape index (κ1) is 13.8. The topological polar surface area (TPSA) is 20.3 Å². The molecule has 0 saturated carbocycles. The van der Waals surface area contributed by atoms with Gasteiger partial charge in [-0.25, -0.2) is 0 Å². The number of alkyl halides is 1. The highest BCUT2D eigenvalue weighted by atomic mass is 79.9. The van der Waals surface area contributed by atoms with Gasteiger partial charge in [0, 0.05) is 5.69 Å². The number of aryl methyl sites for hydroxylation is 1. The fourth-order valence-electron chi connectivity index (χ4n) is 2.08. The number of carbonyl (C=O) groups excluding carboxylic acids is 1. The molecule has 2 rings (SSSR count). The summed E-state index contributed by atoms with van der Waals surface area (Å²) < 4.78 is 0. The molecule has 0 heterocycles. The van der Waals surface area contributed by atoms with E-state index in [1.54, 1.807) is 4.90 Å². The van der Waals surface area contributed by atoms with E-state index in [0.29, 0.717) is 5.33 Å². The number of para-hydroxylation sites is 2. The van der Waals surface area contributed by atoms with Crippen LogP contribution in [0.3, 0.4) is 0 Å². The van der Waals surface area contributed by atoms with Crippen LogP contribution >= 0.6 is 15.9 Å². The van der Waals surface area contributed by atoms with Crippen molar-refractivity contribution in [2.75, 3.05) is 10.2 Å². The van der Waals surface area contributed by atoms with Crippen molar-refractivity contribution in [2.45, 2.75) is 13.3 Å². The summed E-state index contributed by atoms with van der Waals surface area (Å²) in [6, 6.07) is 17.8. The average Bonchev–Trinajstić information content (AvgIpc) is 2.49. The summed E-state index contributed by atoms with van der Waals surface area (Å²) in [4.78, 5) is 14.0. The second-order valence-corrected chi connectivity index (χ2v) is 4.74. The molecule has 1 amide bonds. The summed E-state index contributed by atoms with van der Waals surface area (Å²) in [6.45, 7) is 2.10. The van der Waals surface area contributed by atoms with Gasteiger partial charge in [0.1, 0.15) is 0 Å².